The van der Waals surface area contributed by atoms with E-state index < -0.39 is 17.7 Å². The van der Waals surface area contributed by atoms with Crippen molar-refractivity contribution < 1.29 is 18.6 Å². The van der Waals surface area contributed by atoms with Crippen molar-refractivity contribution in [1.82, 2.24) is 4.90 Å². The summed E-state index contributed by atoms with van der Waals surface area (Å²) < 4.78 is 31.5. The van der Waals surface area contributed by atoms with Crippen molar-refractivity contribution >= 4 is 0 Å². The van der Waals surface area contributed by atoms with Gasteiger partial charge in [0.05, 0.1) is 6.10 Å². The zero-order valence-corrected chi connectivity index (χ0v) is 11.3. The highest BCUT2D eigenvalue weighted by molar-refractivity contribution is 5.23. The first-order valence-electron chi connectivity index (χ1n) is 6.80. The molecule has 0 radical (unpaired) electrons. The fourth-order valence-corrected chi connectivity index (χ4v) is 2.32. The van der Waals surface area contributed by atoms with E-state index in [2.05, 4.69) is 4.90 Å². The van der Waals surface area contributed by atoms with Gasteiger partial charge >= 0.3 is 0 Å². The molecule has 112 valence electrons. The monoisotopic (exact) mass is 286 g/mol. The van der Waals surface area contributed by atoms with Crippen molar-refractivity contribution in [3.8, 4) is 5.75 Å². The van der Waals surface area contributed by atoms with E-state index in [1.165, 1.54) is 6.07 Å². The normalized spacial score (nSPS) is 19.0. The van der Waals surface area contributed by atoms with E-state index in [0.717, 1.165) is 38.1 Å². The van der Waals surface area contributed by atoms with Crippen LogP contribution in [-0.2, 0) is 0 Å². The third-order valence-electron chi connectivity index (χ3n) is 3.47. The van der Waals surface area contributed by atoms with Gasteiger partial charge in [0.2, 0.25) is 0 Å². The molecule has 6 heteroatoms. The molecule has 2 rings (SSSR count). The van der Waals surface area contributed by atoms with Crippen LogP contribution in [0.3, 0.4) is 0 Å². The predicted octanol–water partition coefficient (Wildman–Crippen LogP) is 1.13. The van der Waals surface area contributed by atoms with Gasteiger partial charge < -0.3 is 20.5 Å². The number of halogens is 2. The summed E-state index contributed by atoms with van der Waals surface area (Å²) in [6, 6.07) is 3.57. The zero-order chi connectivity index (χ0) is 14.5. The van der Waals surface area contributed by atoms with Crippen molar-refractivity contribution in [2.45, 2.75) is 25.0 Å². The second kappa shape index (κ2) is 6.97. The molecular formula is C14H20F2N2O2. The van der Waals surface area contributed by atoms with Crippen LogP contribution in [0, 0.1) is 11.6 Å². The molecule has 1 atom stereocenters. The van der Waals surface area contributed by atoms with E-state index >= 15 is 0 Å². The Morgan fingerprint density at radius 1 is 1.30 bits per heavy atom. The number of hydrogen-bond acceptors (Lipinski definition) is 4. The summed E-state index contributed by atoms with van der Waals surface area (Å²) in [5.74, 6) is -1.42. The van der Waals surface area contributed by atoms with Gasteiger partial charge in [-0.1, -0.05) is 0 Å². The van der Waals surface area contributed by atoms with Crippen molar-refractivity contribution in [3.05, 3.63) is 29.8 Å². The molecule has 20 heavy (non-hydrogen) atoms. The molecule has 0 spiro atoms. The van der Waals surface area contributed by atoms with E-state index in [0.29, 0.717) is 12.3 Å². The van der Waals surface area contributed by atoms with Crippen molar-refractivity contribution in [2.24, 2.45) is 5.73 Å². The third kappa shape index (κ3) is 4.13. The molecule has 1 aromatic rings. The number of piperidine rings is 1. The SMILES string of the molecule is NC[C@@H](O)CN1CCC(Oc2ccc(F)c(F)c2)CC1. The lowest BCUT2D eigenvalue weighted by molar-refractivity contribution is 0.0640. The van der Waals surface area contributed by atoms with Crippen LogP contribution in [0.4, 0.5) is 8.78 Å². The molecule has 1 saturated heterocycles. The molecule has 1 aromatic carbocycles. The Morgan fingerprint density at radius 2 is 2.00 bits per heavy atom. The minimum Gasteiger partial charge on any atom is -0.490 e. The van der Waals surface area contributed by atoms with Gasteiger partial charge in [0.1, 0.15) is 11.9 Å². The number of benzene rings is 1. The van der Waals surface area contributed by atoms with Crippen LogP contribution in [0.5, 0.6) is 5.75 Å². The average Bonchev–Trinajstić information content (AvgIpc) is 2.45. The van der Waals surface area contributed by atoms with E-state index in [-0.39, 0.29) is 12.6 Å². The quantitative estimate of drug-likeness (QED) is 0.852. The van der Waals surface area contributed by atoms with Crippen LogP contribution in [0.2, 0.25) is 0 Å². The number of nitrogens with two attached hydrogens (primary N) is 1. The van der Waals surface area contributed by atoms with Crippen LogP contribution >= 0.6 is 0 Å². The molecule has 0 aliphatic carbocycles. The first kappa shape index (κ1) is 15.2. The summed E-state index contributed by atoms with van der Waals surface area (Å²) in [6.45, 7) is 2.41. The van der Waals surface area contributed by atoms with Gasteiger partial charge in [-0.15, -0.1) is 0 Å². The minimum atomic E-state index is -0.897. The largest absolute Gasteiger partial charge is 0.490 e. The van der Waals surface area contributed by atoms with E-state index in [1.807, 2.05) is 0 Å². The topological polar surface area (TPSA) is 58.7 Å². The van der Waals surface area contributed by atoms with Gasteiger partial charge in [0, 0.05) is 32.2 Å². The lowest BCUT2D eigenvalue weighted by Crippen LogP contribution is -2.43. The number of likely N-dealkylation sites (tertiary alicyclic amines) is 1. The zero-order valence-electron chi connectivity index (χ0n) is 11.3. The number of rotatable bonds is 5. The molecule has 4 nitrogen and oxygen atoms in total. The number of aliphatic hydroxyl groups is 1. The Labute approximate surface area is 117 Å². The smallest absolute Gasteiger partial charge is 0.162 e. The lowest BCUT2D eigenvalue weighted by atomic mass is 10.1. The van der Waals surface area contributed by atoms with E-state index in [4.69, 9.17) is 10.5 Å². The predicted molar refractivity (Wildman–Crippen MR) is 71.5 cm³/mol. The van der Waals surface area contributed by atoms with Gasteiger partial charge in [-0.05, 0) is 25.0 Å². The molecule has 0 saturated carbocycles. The fourth-order valence-electron chi connectivity index (χ4n) is 2.32. The summed E-state index contributed by atoms with van der Waals surface area (Å²) in [5, 5.41) is 9.49. The van der Waals surface area contributed by atoms with Gasteiger partial charge in [0.25, 0.3) is 0 Å². The van der Waals surface area contributed by atoms with Crippen LogP contribution < -0.4 is 10.5 Å². The standard InChI is InChI=1S/C14H20F2N2O2/c15-13-2-1-12(7-14(13)16)20-11-3-5-18(6-4-11)9-10(19)8-17/h1-2,7,10-11,19H,3-6,8-9,17H2/t10-/m1/s1. The maximum absolute atomic E-state index is 13.1. The first-order valence-corrected chi connectivity index (χ1v) is 6.80. The third-order valence-corrected chi connectivity index (χ3v) is 3.47. The fraction of sp³-hybridized carbons (Fsp3) is 0.571. The van der Waals surface area contributed by atoms with Crippen molar-refractivity contribution in [2.75, 3.05) is 26.2 Å². The second-order valence-corrected chi connectivity index (χ2v) is 5.08. The molecular weight excluding hydrogens is 266 g/mol. The molecule has 0 aromatic heterocycles. The summed E-state index contributed by atoms with van der Waals surface area (Å²) in [7, 11) is 0. The number of ether oxygens (including phenoxy) is 1. The molecule has 0 unspecified atom stereocenters. The van der Waals surface area contributed by atoms with E-state index in [9.17, 15) is 13.9 Å². The molecule has 1 aliphatic heterocycles. The van der Waals surface area contributed by atoms with Gasteiger partial charge in [0.15, 0.2) is 11.6 Å². The van der Waals surface area contributed by atoms with Crippen LogP contribution in [-0.4, -0.2) is 48.4 Å². The summed E-state index contributed by atoms with van der Waals surface area (Å²) >= 11 is 0. The highest BCUT2D eigenvalue weighted by Gasteiger charge is 2.22. The number of aliphatic hydroxyl groups excluding tert-OH is 1. The average molecular weight is 286 g/mol. The molecule has 1 fully saturated rings. The Bertz CT molecular complexity index is 437. The summed E-state index contributed by atoms with van der Waals surface area (Å²) in [6.07, 6.45) is 1.07. The van der Waals surface area contributed by atoms with E-state index in [1.54, 1.807) is 0 Å². The highest BCUT2D eigenvalue weighted by atomic mass is 19.2. The Morgan fingerprint density at radius 3 is 2.60 bits per heavy atom. The molecule has 0 amide bonds. The Hall–Kier alpha value is -1.24. The lowest BCUT2D eigenvalue weighted by Gasteiger charge is -2.33. The minimum absolute atomic E-state index is 0.00821. The van der Waals surface area contributed by atoms with Crippen LogP contribution in [0.25, 0.3) is 0 Å². The number of hydrogen-bond donors (Lipinski definition) is 2. The number of nitrogens with zero attached hydrogens (tertiary/aromatic N) is 1. The first-order chi connectivity index (χ1) is 9.58. The van der Waals surface area contributed by atoms with Crippen molar-refractivity contribution in [1.29, 1.82) is 0 Å². The molecule has 3 N–H and O–H groups in total. The maximum atomic E-state index is 13.1. The van der Waals surface area contributed by atoms with Crippen LogP contribution in [0.15, 0.2) is 18.2 Å². The highest BCUT2D eigenvalue weighted by Crippen LogP contribution is 2.21. The molecule has 1 heterocycles. The second-order valence-electron chi connectivity index (χ2n) is 5.08. The Balaban J connectivity index is 1.80. The van der Waals surface area contributed by atoms with Crippen LogP contribution in [0.1, 0.15) is 12.8 Å². The maximum Gasteiger partial charge on any atom is 0.162 e. The van der Waals surface area contributed by atoms with Gasteiger partial charge in [-0.25, -0.2) is 8.78 Å². The summed E-state index contributed by atoms with van der Waals surface area (Å²) in [4.78, 5) is 2.13. The Kier molecular flexibility index (Phi) is 5.28. The van der Waals surface area contributed by atoms with Gasteiger partial charge in [-0.3, -0.25) is 0 Å². The van der Waals surface area contributed by atoms with Gasteiger partial charge in [-0.2, -0.15) is 0 Å². The number of β-amino-alcohol motifs (C(OH)–C–C–N with tert-alkyl or cyclic N) is 1. The van der Waals surface area contributed by atoms with Crippen molar-refractivity contribution in [3.63, 3.8) is 0 Å². The molecule has 0 bridgehead atoms. The summed E-state index contributed by atoms with van der Waals surface area (Å²) in [5.41, 5.74) is 5.38. The molecule has 1 aliphatic rings.